The third-order valence-corrected chi connectivity index (χ3v) is 4.48. The Bertz CT molecular complexity index is 1070. The lowest BCUT2D eigenvalue weighted by Crippen LogP contribution is -2.27. The molecule has 26 heavy (non-hydrogen) atoms. The number of nitrogens with zero attached hydrogens (tertiary/aromatic N) is 2. The molecule has 0 fully saturated rings. The highest BCUT2D eigenvalue weighted by Crippen LogP contribution is 2.21. The number of carbonyl (C=O) groups excluding carboxylic acids is 1. The van der Waals surface area contributed by atoms with E-state index in [4.69, 9.17) is 11.6 Å². The smallest absolute Gasteiger partial charge is 0.268 e. The van der Waals surface area contributed by atoms with E-state index in [0.717, 1.165) is 22.3 Å². The van der Waals surface area contributed by atoms with E-state index in [1.54, 1.807) is 16.8 Å². The first-order valence-corrected chi connectivity index (χ1v) is 8.68. The lowest BCUT2D eigenvalue weighted by Gasteiger charge is -2.10. The number of carbonyl (C=O) groups is 1. The molecule has 0 saturated carbocycles. The molecule has 4 aromatic rings. The number of aromatic nitrogens is 3. The van der Waals surface area contributed by atoms with Gasteiger partial charge in [0.1, 0.15) is 5.69 Å². The van der Waals surface area contributed by atoms with Gasteiger partial charge in [-0.1, -0.05) is 29.8 Å². The number of hydrogen-bond acceptors (Lipinski definition) is 2. The van der Waals surface area contributed by atoms with E-state index < -0.39 is 0 Å². The molecule has 6 heteroatoms. The molecule has 2 aromatic heterocycles. The first-order chi connectivity index (χ1) is 12.6. The number of halogens is 1. The summed E-state index contributed by atoms with van der Waals surface area (Å²) in [5.41, 5.74) is 3.14. The van der Waals surface area contributed by atoms with Gasteiger partial charge in [0.05, 0.1) is 17.4 Å². The van der Waals surface area contributed by atoms with Crippen molar-refractivity contribution in [3.8, 4) is 5.69 Å². The van der Waals surface area contributed by atoms with Crippen LogP contribution in [0.5, 0.6) is 0 Å². The van der Waals surface area contributed by atoms with E-state index in [2.05, 4.69) is 15.4 Å². The molecule has 1 atom stereocenters. The van der Waals surface area contributed by atoms with Crippen LogP contribution >= 0.6 is 11.6 Å². The number of H-pyrrole nitrogens is 1. The highest BCUT2D eigenvalue weighted by Gasteiger charge is 2.16. The van der Waals surface area contributed by atoms with Crippen LogP contribution in [0.4, 0.5) is 0 Å². The predicted molar refractivity (Wildman–Crippen MR) is 103 cm³/mol. The second kappa shape index (κ2) is 6.69. The van der Waals surface area contributed by atoms with Gasteiger partial charge in [-0.15, -0.1) is 0 Å². The van der Waals surface area contributed by atoms with Gasteiger partial charge in [0.2, 0.25) is 0 Å². The Hall–Kier alpha value is -3.05. The lowest BCUT2D eigenvalue weighted by atomic mass is 10.2. The quantitative estimate of drug-likeness (QED) is 0.560. The molecule has 2 aromatic carbocycles. The van der Waals surface area contributed by atoms with Gasteiger partial charge in [0, 0.05) is 22.1 Å². The maximum Gasteiger partial charge on any atom is 0.268 e. The van der Waals surface area contributed by atoms with Crippen molar-refractivity contribution in [3.63, 3.8) is 0 Å². The fraction of sp³-hybridized carbons (Fsp3) is 0.100. The number of para-hydroxylation sites is 1. The molecule has 5 nitrogen and oxygen atoms in total. The molecule has 0 aliphatic rings. The second-order valence-electron chi connectivity index (χ2n) is 6.13. The molecule has 0 bridgehead atoms. The first kappa shape index (κ1) is 16.4. The number of benzene rings is 2. The van der Waals surface area contributed by atoms with Crippen LogP contribution in [-0.4, -0.2) is 20.7 Å². The molecule has 4 rings (SSSR count). The fourth-order valence-corrected chi connectivity index (χ4v) is 3.05. The highest BCUT2D eigenvalue weighted by molar-refractivity contribution is 6.31. The van der Waals surface area contributed by atoms with Gasteiger partial charge < -0.3 is 10.3 Å². The summed E-state index contributed by atoms with van der Waals surface area (Å²) >= 11 is 6.00. The minimum atomic E-state index is -0.220. The van der Waals surface area contributed by atoms with Crippen LogP contribution in [0.2, 0.25) is 5.02 Å². The van der Waals surface area contributed by atoms with E-state index in [1.807, 2.05) is 61.7 Å². The molecule has 1 amide bonds. The zero-order valence-corrected chi connectivity index (χ0v) is 14.9. The van der Waals surface area contributed by atoms with E-state index in [9.17, 15) is 4.79 Å². The molecule has 0 aliphatic heterocycles. The summed E-state index contributed by atoms with van der Waals surface area (Å²) in [4.78, 5) is 15.7. The van der Waals surface area contributed by atoms with E-state index in [1.165, 1.54) is 0 Å². The number of nitrogens with one attached hydrogen (secondary N) is 2. The van der Waals surface area contributed by atoms with Gasteiger partial charge in [-0.25, -0.2) is 4.68 Å². The molecule has 2 heterocycles. The fourth-order valence-electron chi connectivity index (χ4n) is 2.87. The van der Waals surface area contributed by atoms with Crippen molar-refractivity contribution in [2.75, 3.05) is 0 Å². The van der Waals surface area contributed by atoms with Crippen LogP contribution < -0.4 is 5.32 Å². The number of amides is 1. The average Bonchev–Trinajstić information content (AvgIpc) is 3.29. The summed E-state index contributed by atoms with van der Waals surface area (Å²) in [7, 11) is 0. The Labute approximate surface area is 155 Å². The number of rotatable bonds is 4. The van der Waals surface area contributed by atoms with Gasteiger partial charge in [-0.2, -0.15) is 5.10 Å². The summed E-state index contributed by atoms with van der Waals surface area (Å²) in [6.45, 7) is 1.91. The topological polar surface area (TPSA) is 62.7 Å². The third-order valence-electron chi connectivity index (χ3n) is 4.25. The van der Waals surface area contributed by atoms with E-state index in [-0.39, 0.29) is 11.9 Å². The van der Waals surface area contributed by atoms with Crippen LogP contribution in [0.15, 0.2) is 66.9 Å². The molecule has 130 valence electrons. The summed E-state index contributed by atoms with van der Waals surface area (Å²) in [6, 6.07) is 18.8. The van der Waals surface area contributed by atoms with Crippen LogP contribution in [0.1, 0.15) is 29.1 Å². The predicted octanol–water partition coefficient (Wildman–Crippen LogP) is 4.50. The van der Waals surface area contributed by atoms with Gasteiger partial charge in [0.25, 0.3) is 5.91 Å². The average molecular weight is 365 g/mol. The van der Waals surface area contributed by atoms with Gasteiger partial charge in [0.15, 0.2) is 0 Å². The Morgan fingerprint density at radius 2 is 1.96 bits per heavy atom. The summed E-state index contributed by atoms with van der Waals surface area (Å²) in [6.07, 6.45) is 1.89. The Balaban J connectivity index is 1.51. The molecular weight excluding hydrogens is 348 g/mol. The van der Waals surface area contributed by atoms with Gasteiger partial charge >= 0.3 is 0 Å². The van der Waals surface area contributed by atoms with Crippen molar-refractivity contribution in [2.45, 2.75) is 13.0 Å². The van der Waals surface area contributed by atoms with Crippen LogP contribution in [-0.2, 0) is 0 Å². The maximum absolute atomic E-state index is 12.5. The summed E-state index contributed by atoms with van der Waals surface area (Å²) in [5, 5.41) is 9.08. The molecular formula is C20H17ClN4O. The Morgan fingerprint density at radius 3 is 2.77 bits per heavy atom. The van der Waals surface area contributed by atoms with E-state index >= 15 is 0 Å². The molecule has 0 aliphatic carbocycles. The molecule has 0 radical (unpaired) electrons. The lowest BCUT2D eigenvalue weighted by molar-refractivity contribution is 0.0935. The summed E-state index contributed by atoms with van der Waals surface area (Å²) < 4.78 is 1.79. The molecule has 2 N–H and O–H groups in total. The zero-order chi connectivity index (χ0) is 18.1. The van der Waals surface area contributed by atoms with Crippen LogP contribution in [0.25, 0.3) is 16.6 Å². The second-order valence-corrected chi connectivity index (χ2v) is 6.57. The molecule has 0 spiro atoms. The largest absolute Gasteiger partial charge is 0.351 e. The Morgan fingerprint density at radius 1 is 1.15 bits per heavy atom. The third kappa shape index (κ3) is 3.21. The highest BCUT2D eigenvalue weighted by atomic mass is 35.5. The van der Waals surface area contributed by atoms with Gasteiger partial charge in [-0.05, 0) is 49.4 Å². The van der Waals surface area contributed by atoms with Crippen molar-refractivity contribution in [3.05, 3.63) is 83.3 Å². The number of fused-ring (bicyclic) bond motifs is 1. The monoisotopic (exact) mass is 364 g/mol. The number of hydrogen-bond donors (Lipinski definition) is 2. The minimum Gasteiger partial charge on any atom is -0.351 e. The van der Waals surface area contributed by atoms with Crippen LogP contribution in [0.3, 0.4) is 0 Å². The molecule has 0 saturated heterocycles. The Kier molecular flexibility index (Phi) is 4.22. The number of aromatic amines is 1. The van der Waals surface area contributed by atoms with Crippen molar-refractivity contribution in [1.29, 1.82) is 0 Å². The normalized spacial score (nSPS) is 12.2. The van der Waals surface area contributed by atoms with Crippen molar-refractivity contribution in [2.24, 2.45) is 0 Å². The van der Waals surface area contributed by atoms with Gasteiger partial charge in [-0.3, -0.25) is 4.79 Å². The van der Waals surface area contributed by atoms with Crippen molar-refractivity contribution in [1.82, 2.24) is 20.1 Å². The first-order valence-electron chi connectivity index (χ1n) is 8.30. The van der Waals surface area contributed by atoms with Crippen molar-refractivity contribution >= 4 is 28.4 Å². The summed E-state index contributed by atoms with van der Waals surface area (Å²) in [5.74, 6) is -0.181. The maximum atomic E-state index is 12.5. The standard InChI is InChI=1S/C20H17ClN4O/c1-13(17-9-10-25(24-17)16-5-3-2-4-6-16)22-20(26)19-12-14-11-15(21)7-8-18(14)23-19/h2-13,23H,1H3,(H,22,26). The minimum absolute atomic E-state index is 0.181. The molecule has 1 unspecified atom stereocenters. The zero-order valence-electron chi connectivity index (χ0n) is 14.1. The van der Waals surface area contributed by atoms with Crippen molar-refractivity contribution < 1.29 is 4.79 Å². The van der Waals surface area contributed by atoms with Crippen LogP contribution in [0, 0.1) is 0 Å². The van der Waals surface area contributed by atoms with E-state index in [0.29, 0.717) is 10.7 Å². The SMILES string of the molecule is CC(NC(=O)c1cc2cc(Cl)ccc2[nH]1)c1ccn(-c2ccccc2)n1.